The number of ether oxygens (including phenoxy) is 2. The van der Waals surface area contributed by atoms with Crippen molar-refractivity contribution in [1.82, 2.24) is 4.90 Å². The maximum absolute atomic E-state index is 12.2. The molecular weight excluding hydrogens is 254 g/mol. The van der Waals surface area contributed by atoms with Crippen molar-refractivity contribution in [3.05, 3.63) is 29.3 Å². The first kappa shape index (κ1) is 14.7. The van der Waals surface area contributed by atoms with E-state index < -0.39 is 5.60 Å². The Labute approximate surface area is 120 Å². The minimum atomic E-state index is -0.461. The van der Waals surface area contributed by atoms with Crippen LogP contribution in [0.25, 0.3) is 0 Å². The molecule has 1 aliphatic rings. The molecule has 2 rings (SSSR count). The molecule has 0 bridgehead atoms. The standard InChI is InChI=1S/C16H23NO3/c1-11-14-7-6-13(19-5)10-12(14)8-9-17(11)15(18)20-16(2,3)4/h6-7,10-11H,8-9H2,1-5H3/t11-/m1/s1. The van der Waals surface area contributed by atoms with E-state index in [1.165, 1.54) is 11.1 Å². The van der Waals surface area contributed by atoms with E-state index in [4.69, 9.17) is 9.47 Å². The summed E-state index contributed by atoms with van der Waals surface area (Å²) in [5.74, 6) is 0.863. The van der Waals surface area contributed by atoms with E-state index in [9.17, 15) is 4.79 Å². The topological polar surface area (TPSA) is 38.8 Å². The van der Waals surface area contributed by atoms with Gasteiger partial charge < -0.3 is 14.4 Å². The lowest BCUT2D eigenvalue weighted by Gasteiger charge is -2.36. The lowest BCUT2D eigenvalue weighted by molar-refractivity contribution is 0.0159. The zero-order chi connectivity index (χ0) is 14.9. The van der Waals surface area contributed by atoms with Gasteiger partial charge in [0.1, 0.15) is 11.4 Å². The lowest BCUT2D eigenvalue weighted by Crippen LogP contribution is -2.42. The number of fused-ring (bicyclic) bond motifs is 1. The van der Waals surface area contributed by atoms with Gasteiger partial charge in [0.15, 0.2) is 0 Å². The lowest BCUT2D eigenvalue weighted by atomic mass is 9.93. The Bertz CT molecular complexity index is 505. The highest BCUT2D eigenvalue weighted by atomic mass is 16.6. The Morgan fingerprint density at radius 2 is 2.05 bits per heavy atom. The minimum absolute atomic E-state index is 0.0273. The van der Waals surface area contributed by atoms with Crippen molar-refractivity contribution in [3.8, 4) is 5.75 Å². The molecule has 0 spiro atoms. The quantitative estimate of drug-likeness (QED) is 0.788. The molecule has 4 nitrogen and oxygen atoms in total. The van der Waals surface area contributed by atoms with Crippen molar-refractivity contribution in [1.29, 1.82) is 0 Å². The van der Waals surface area contributed by atoms with E-state index in [1.807, 2.05) is 39.8 Å². The Balaban J connectivity index is 2.19. The van der Waals surface area contributed by atoms with Crippen LogP contribution in [0.3, 0.4) is 0 Å². The van der Waals surface area contributed by atoms with E-state index >= 15 is 0 Å². The van der Waals surface area contributed by atoms with Gasteiger partial charge in [0, 0.05) is 6.54 Å². The molecule has 0 unspecified atom stereocenters. The fourth-order valence-corrected chi connectivity index (χ4v) is 2.51. The summed E-state index contributed by atoms with van der Waals surface area (Å²) in [5.41, 5.74) is 1.95. The van der Waals surface area contributed by atoms with Crippen LogP contribution in [0.5, 0.6) is 5.75 Å². The molecule has 1 amide bonds. The number of benzene rings is 1. The molecule has 0 saturated carbocycles. The third kappa shape index (κ3) is 3.06. The largest absolute Gasteiger partial charge is 0.497 e. The van der Waals surface area contributed by atoms with Gasteiger partial charge in [0.25, 0.3) is 0 Å². The molecule has 0 saturated heterocycles. The van der Waals surface area contributed by atoms with E-state index in [2.05, 4.69) is 6.07 Å². The van der Waals surface area contributed by atoms with E-state index in [1.54, 1.807) is 12.0 Å². The number of methoxy groups -OCH3 is 1. The van der Waals surface area contributed by atoms with Crippen LogP contribution in [0.15, 0.2) is 18.2 Å². The number of hydrogen-bond acceptors (Lipinski definition) is 3. The van der Waals surface area contributed by atoms with Gasteiger partial charge in [-0.05, 0) is 57.4 Å². The van der Waals surface area contributed by atoms with E-state index in [0.717, 1.165) is 12.2 Å². The second kappa shape index (κ2) is 5.35. The first-order chi connectivity index (χ1) is 9.31. The molecule has 1 heterocycles. The Kier molecular flexibility index (Phi) is 3.93. The van der Waals surface area contributed by atoms with Gasteiger partial charge in [-0.15, -0.1) is 0 Å². The summed E-state index contributed by atoms with van der Waals surface area (Å²) in [6.07, 6.45) is 0.585. The van der Waals surface area contributed by atoms with Crippen LogP contribution in [0.4, 0.5) is 4.79 Å². The highest BCUT2D eigenvalue weighted by Crippen LogP contribution is 2.32. The van der Waals surface area contributed by atoms with Crippen LogP contribution < -0.4 is 4.74 Å². The molecule has 0 radical (unpaired) electrons. The Morgan fingerprint density at radius 1 is 1.35 bits per heavy atom. The smallest absolute Gasteiger partial charge is 0.410 e. The van der Waals surface area contributed by atoms with Crippen LogP contribution >= 0.6 is 0 Å². The summed E-state index contributed by atoms with van der Waals surface area (Å²) in [5, 5.41) is 0. The number of hydrogen-bond donors (Lipinski definition) is 0. The number of nitrogens with zero attached hydrogens (tertiary/aromatic N) is 1. The van der Waals surface area contributed by atoms with Crippen LogP contribution in [-0.4, -0.2) is 30.2 Å². The zero-order valence-electron chi connectivity index (χ0n) is 12.9. The summed E-state index contributed by atoms with van der Waals surface area (Å²) < 4.78 is 10.7. The predicted molar refractivity (Wildman–Crippen MR) is 78.1 cm³/mol. The first-order valence-corrected chi connectivity index (χ1v) is 6.98. The molecule has 1 aliphatic heterocycles. The average Bonchev–Trinajstić information content (AvgIpc) is 2.36. The van der Waals surface area contributed by atoms with Crippen molar-refractivity contribution in [2.45, 2.75) is 45.8 Å². The molecule has 4 heteroatoms. The van der Waals surface area contributed by atoms with Crippen LogP contribution in [0, 0.1) is 0 Å². The van der Waals surface area contributed by atoms with Gasteiger partial charge >= 0.3 is 6.09 Å². The van der Waals surface area contributed by atoms with E-state index in [-0.39, 0.29) is 12.1 Å². The normalized spacial score (nSPS) is 18.4. The van der Waals surface area contributed by atoms with Crippen molar-refractivity contribution in [3.63, 3.8) is 0 Å². The van der Waals surface area contributed by atoms with Crippen LogP contribution in [0.2, 0.25) is 0 Å². The zero-order valence-corrected chi connectivity index (χ0v) is 12.9. The number of amides is 1. The summed E-state index contributed by atoms with van der Waals surface area (Å²) in [6, 6.07) is 6.06. The molecule has 1 atom stereocenters. The fraction of sp³-hybridized carbons (Fsp3) is 0.562. The predicted octanol–water partition coefficient (Wildman–Crippen LogP) is 3.55. The Hall–Kier alpha value is -1.71. The van der Waals surface area contributed by atoms with Crippen LogP contribution in [0.1, 0.15) is 44.9 Å². The van der Waals surface area contributed by atoms with Gasteiger partial charge in [-0.25, -0.2) is 4.79 Å². The fourth-order valence-electron chi connectivity index (χ4n) is 2.51. The molecule has 0 fully saturated rings. The maximum atomic E-state index is 12.2. The van der Waals surface area contributed by atoms with Gasteiger partial charge in [0.05, 0.1) is 13.2 Å². The molecule has 0 aliphatic carbocycles. The van der Waals surface area contributed by atoms with Crippen molar-refractivity contribution >= 4 is 6.09 Å². The van der Waals surface area contributed by atoms with Crippen LogP contribution in [-0.2, 0) is 11.2 Å². The third-order valence-electron chi connectivity index (χ3n) is 3.52. The monoisotopic (exact) mass is 277 g/mol. The number of rotatable bonds is 1. The molecule has 0 N–H and O–H groups in total. The summed E-state index contributed by atoms with van der Waals surface area (Å²) in [6.45, 7) is 8.37. The number of carbonyl (C=O) groups is 1. The second-order valence-electron chi connectivity index (χ2n) is 6.16. The highest BCUT2D eigenvalue weighted by molar-refractivity contribution is 5.69. The first-order valence-electron chi connectivity index (χ1n) is 6.98. The molecular formula is C16H23NO3. The summed E-state index contributed by atoms with van der Waals surface area (Å²) in [7, 11) is 1.67. The molecule has 1 aromatic carbocycles. The molecule has 1 aromatic rings. The van der Waals surface area contributed by atoms with Crippen molar-refractivity contribution in [2.75, 3.05) is 13.7 Å². The third-order valence-corrected chi connectivity index (χ3v) is 3.52. The summed E-state index contributed by atoms with van der Waals surface area (Å²) >= 11 is 0. The van der Waals surface area contributed by atoms with Crippen molar-refractivity contribution in [2.24, 2.45) is 0 Å². The van der Waals surface area contributed by atoms with Crippen molar-refractivity contribution < 1.29 is 14.3 Å². The molecule has 20 heavy (non-hydrogen) atoms. The highest BCUT2D eigenvalue weighted by Gasteiger charge is 2.30. The SMILES string of the molecule is COc1ccc2c(c1)CCN(C(=O)OC(C)(C)C)[C@@H]2C. The second-order valence-corrected chi connectivity index (χ2v) is 6.16. The average molecular weight is 277 g/mol. The minimum Gasteiger partial charge on any atom is -0.497 e. The number of carbonyl (C=O) groups excluding carboxylic acids is 1. The Morgan fingerprint density at radius 3 is 2.65 bits per heavy atom. The van der Waals surface area contributed by atoms with E-state index in [0.29, 0.717) is 6.54 Å². The van der Waals surface area contributed by atoms with Gasteiger partial charge in [-0.2, -0.15) is 0 Å². The maximum Gasteiger partial charge on any atom is 0.410 e. The molecule has 0 aromatic heterocycles. The van der Waals surface area contributed by atoms with Gasteiger partial charge in [-0.1, -0.05) is 6.07 Å². The summed E-state index contributed by atoms with van der Waals surface area (Å²) in [4.78, 5) is 14.0. The van der Waals surface area contributed by atoms with Gasteiger partial charge in [-0.3, -0.25) is 0 Å². The van der Waals surface area contributed by atoms with Gasteiger partial charge in [0.2, 0.25) is 0 Å². The molecule has 110 valence electrons.